The van der Waals surface area contributed by atoms with E-state index in [9.17, 15) is 14.4 Å². The maximum Gasteiger partial charge on any atom is 0.306 e. The first-order valence-corrected chi connectivity index (χ1v) is 11.7. The lowest BCUT2D eigenvalue weighted by Crippen LogP contribution is -2.24. The molecule has 0 saturated heterocycles. The first-order valence-electron chi connectivity index (χ1n) is 11.7. The lowest BCUT2D eigenvalue weighted by Gasteiger charge is -2.19. The summed E-state index contributed by atoms with van der Waals surface area (Å²) < 4.78 is 16.7. The van der Waals surface area contributed by atoms with E-state index in [2.05, 4.69) is 20.5 Å². The third-order valence-corrected chi connectivity index (χ3v) is 4.97. The summed E-state index contributed by atoms with van der Waals surface area (Å²) in [5, 5.41) is 11.0. The van der Waals surface area contributed by atoms with Crippen LogP contribution in [0.25, 0.3) is 11.3 Å². The largest absolute Gasteiger partial charge is 0.460 e. The minimum absolute atomic E-state index is 0.0528. The summed E-state index contributed by atoms with van der Waals surface area (Å²) in [7, 11) is 0. The summed E-state index contributed by atoms with van der Waals surface area (Å²) >= 11 is 0. The van der Waals surface area contributed by atoms with Crippen molar-refractivity contribution in [2.45, 2.75) is 52.7 Å². The van der Waals surface area contributed by atoms with Gasteiger partial charge in [0.05, 0.1) is 12.6 Å². The summed E-state index contributed by atoms with van der Waals surface area (Å²) in [6.07, 6.45) is 1.61. The highest BCUT2D eigenvalue weighted by molar-refractivity contribution is 6.06. The number of amides is 1. The Hall–Kier alpha value is -4.54. The first-order chi connectivity index (χ1) is 17.6. The molecule has 0 unspecified atom stereocenters. The number of hydrogen-bond donors (Lipinski definition) is 1. The number of oxazole rings is 1. The molecule has 4 aromatic rings. The minimum Gasteiger partial charge on any atom is -0.460 e. The van der Waals surface area contributed by atoms with Crippen LogP contribution in [0.4, 0.5) is 5.82 Å². The van der Waals surface area contributed by atoms with Crippen LogP contribution in [0.5, 0.6) is 0 Å². The van der Waals surface area contributed by atoms with Gasteiger partial charge in [0.15, 0.2) is 34.7 Å². The Morgan fingerprint density at radius 1 is 1.05 bits per heavy atom. The highest BCUT2D eigenvalue weighted by Gasteiger charge is 2.24. The molecule has 0 fully saturated rings. The van der Waals surface area contributed by atoms with Gasteiger partial charge < -0.3 is 18.9 Å². The van der Waals surface area contributed by atoms with Crippen molar-refractivity contribution in [1.29, 1.82) is 0 Å². The second-order valence-corrected chi connectivity index (χ2v) is 9.27. The number of aryl methyl sites for hydroxylation is 1. The molecule has 3 heterocycles. The summed E-state index contributed by atoms with van der Waals surface area (Å²) in [5.41, 5.74) is 0.112. The number of nitrogens with one attached hydrogen (secondary N) is 1. The number of Topliss-reactive ketones (excluding diaryl/α,β-unsaturated/α-hetero) is 1. The average molecular weight is 506 g/mol. The Morgan fingerprint density at radius 2 is 1.81 bits per heavy atom. The summed E-state index contributed by atoms with van der Waals surface area (Å²) in [6.45, 7) is 6.97. The number of ether oxygens (including phenoxy) is 1. The molecule has 0 radical (unpaired) electrons. The summed E-state index contributed by atoms with van der Waals surface area (Å²) in [4.78, 5) is 42.4. The van der Waals surface area contributed by atoms with Gasteiger partial charge in [-0.05, 0) is 32.9 Å². The molecule has 3 aromatic heterocycles. The standard InChI is InChI=1S/C26H27N5O6/c1-16(32)19-11-10-18(35-19)15-31-27-14-20(30-31)28-25(34)23-24(17-8-6-5-7-9-17)36-21(29-23)12-13-22(33)37-26(2,3)4/h5-11,14H,12-13,15H2,1-4H3,(H,28,30,34). The van der Waals surface area contributed by atoms with Crippen molar-refractivity contribution in [1.82, 2.24) is 20.0 Å². The first kappa shape index (κ1) is 25.5. The van der Waals surface area contributed by atoms with Gasteiger partial charge >= 0.3 is 5.97 Å². The van der Waals surface area contributed by atoms with Gasteiger partial charge in [-0.25, -0.2) is 4.98 Å². The van der Waals surface area contributed by atoms with Gasteiger partial charge in [-0.2, -0.15) is 9.90 Å². The van der Waals surface area contributed by atoms with Gasteiger partial charge in [0, 0.05) is 18.9 Å². The molecule has 1 N–H and O–H groups in total. The van der Waals surface area contributed by atoms with Crippen molar-refractivity contribution in [2.24, 2.45) is 0 Å². The predicted octanol–water partition coefficient (Wildman–Crippen LogP) is 4.30. The topological polar surface area (TPSA) is 142 Å². The monoisotopic (exact) mass is 505 g/mol. The third kappa shape index (κ3) is 6.78. The average Bonchev–Trinajstić information content (AvgIpc) is 3.57. The van der Waals surface area contributed by atoms with Crippen LogP contribution in [0.2, 0.25) is 0 Å². The van der Waals surface area contributed by atoms with Gasteiger partial charge in [-0.15, -0.1) is 5.10 Å². The Kier molecular flexibility index (Phi) is 7.32. The van der Waals surface area contributed by atoms with E-state index in [0.717, 1.165) is 0 Å². The fraction of sp³-hybridized carbons (Fsp3) is 0.308. The SMILES string of the molecule is CC(=O)c1ccc(Cn2ncc(NC(=O)c3nc(CCC(=O)OC(C)(C)C)oc3-c3ccccc3)n2)o1. The van der Waals surface area contributed by atoms with Crippen molar-refractivity contribution in [2.75, 3.05) is 5.32 Å². The van der Waals surface area contributed by atoms with Crippen LogP contribution in [0.15, 0.2) is 57.5 Å². The lowest BCUT2D eigenvalue weighted by atomic mass is 10.1. The molecule has 1 amide bonds. The molecule has 4 rings (SSSR count). The predicted molar refractivity (Wildman–Crippen MR) is 132 cm³/mol. The molecule has 0 bridgehead atoms. The number of carbonyl (C=O) groups is 3. The van der Waals surface area contributed by atoms with E-state index in [0.29, 0.717) is 11.3 Å². The number of aromatic nitrogens is 4. The Labute approximate surface area is 212 Å². The van der Waals surface area contributed by atoms with Crippen LogP contribution in [0.1, 0.15) is 66.8 Å². The number of ketones is 1. The molecule has 0 atom stereocenters. The zero-order valence-corrected chi connectivity index (χ0v) is 21.0. The van der Waals surface area contributed by atoms with E-state index in [1.54, 1.807) is 45.0 Å². The van der Waals surface area contributed by atoms with Gasteiger partial charge in [0.2, 0.25) is 0 Å². The van der Waals surface area contributed by atoms with Crippen LogP contribution in [-0.4, -0.2) is 43.2 Å². The quantitative estimate of drug-likeness (QED) is 0.260. The molecule has 0 aliphatic heterocycles. The van der Waals surface area contributed by atoms with Gasteiger partial charge in [0.1, 0.15) is 17.9 Å². The van der Waals surface area contributed by atoms with Crippen LogP contribution < -0.4 is 5.32 Å². The van der Waals surface area contributed by atoms with E-state index in [1.165, 1.54) is 17.9 Å². The van der Waals surface area contributed by atoms with E-state index in [-0.39, 0.29) is 60.1 Å². The molecule has 0 spiro atoms. The van der Waals surface area contributed by atoms with Crippen molar-refractivity contribution in [3.05, 3.63) is 71.8 Å². The molecule has 11 heteroatoms. The molecule has 0 aliphatic carbocycles. The number of rotatable bonds is 9. The molecule has 37 heavy (non-hydrogen) atoms. The zero-order valence-electron chi connectivity index (χ0n) is 21.0. The van der Waals surface area contributed by atoms with Gasteiger partial charge in [0.25, 0.3) is 5.91 Å². The Balaban J connectivity index is 1.49. The number of benzene rings is 1. The molecular weight excluding hydrogens is 478 g/mol. The van der Waals surface area contributed by atoms with Crippen LogP contribution in [-0.2, 0) is 22.5 Å². The van der Waals surface area contributed by atoms with Crippen molar-refractivity contribution in [3.63, 3.8) is 0 Å². The van der Waals surface area contributed by atoms with E-state index >= 15 is 0 Å². The van der Waals surface area contributed by atoms with Gasteiger partial charge in [-0.3, -0.25) is 14.4 Å². The fourth-order valence-corrected chi connectivity index (χ4v) is 3.41. The zero-order chi connectivity index (χ0) is 26.6. The number of hydrogen-bond acceptors (Lipinski definition) is 9. The normalized spacial score (nSPS) is 11.4. The Bertz CT molecular complexity index is 1410. The third-order valence-electron chi connectivity index (χ3n) is 4.97. The summed E-state index contributed by atoms with van der Waals surface area (Å²) in [5.74, 6) is 0.334. The number of carbonyl (C=O) groups excluding carboxylic acids is 3. The van der Waals surface area contributed by atoms with Gasteiger partial charge in [-0.1, -0.05) is 30.3 Å². The van der Waals surface area contributed by atoms with Crippen LogP contribution in [0.3, 0.4) is 0 Å². The Morgan fingerprint density at radius 3 is 2.49 bits per heavy atom. The van der Waals surface area contributed by atoms with Crippen molar-refractivity contribution in [3.8, 4) is 11.3 Å². The fourth-order valence-electron chi connectivity index (χ4n) is 3.41. The molecule has 11 nitrogen and oxygen atoms in total. The second kappa shape index (κ2) is 10.6. The smallest absolute Gasteiger partial charge is 0.306 e. The van der Waals surface area contributed by atoms with Crippen molar-refractivity contribution >= 4 is 23.5 Å². The number of esters is 1. The molecular formula is C26H27N5O6. The van der Waals surface area contributed by atoms with E-state index < -0.39 is 11.5 Å². The van der Waals surface area contributed by atoms with Crippen LogP contribution >= 0.6 is 0 Å². The maximum atomic E-state index is 13.1. The highest BCUT2D eigenvalue weighted by Crippen LogP contribution is 2.26. The number of nitrogens with zero attached hydrogens (tertiary/aromatic N) is 4. The van der Waals surface area contributed by atoms with E-state index in [1.807, 2.05) is 18.2 Å². The lowest BCUT2D eigenvalue weighted by molar-refractivity contribution is -0.154. The highest BCUT2D eigenvalue weighted by atomic mass is 16.6. The molecule has 0 aliphatic rings. The van der Waals surface area contributed by atoms with E-state index in [4.69, 9.17) is 13.6 Å². The molecule has 1 aromatic carbocycles. The molecule has 0 saturated carbocycles. The van der Waals surface area contributed by atoms with Crippen LogP contribution in [0, 0.1) is 0 Å². The maximum absolute atomic E-state index is 13.1. The minimum atomic E-state index is -0.599. The second-order valence-electron chi connectivity index (χ2n) is 9.27. The number of anilines is 1. The van der Waals surface area contributed by atoms with Crippen molar-refractivity contribution < 1.29 is 28.0 Å². The number of furan rings is 1. The summed E-state index contributed by atoms with van der Waals surface area (Å²) in [6, 6.07) is 12.3. The molecule has 192 valence electrons.